The van der Waals surface area contributed by atoms with Gasteiger partial charge in [0.05, 0.1) is 12.7 Å². The maximum absolute atomic E-state index is 13.9. The number of aryl methyl sites for hydroxylation is 1. The Morgan fingerprint density at radius 1 is 1.22 bits per heavy atom. The van der Waals surface area contributed by atoms with Gasteiger partial charge in [0.15, 0.2) is 5.96 Å². The molecule has 0 amide bonds. The lowest BCUT2D eigenvalue weighted by Gasteiger charge is -2.21. The molecule has 0 unspecified atom stereocenters. The summed E-state index contributed by atoms with van der Waals surface area (Å²) in [5, 5.41) is 7.50. The smallest absolute Gasteiger partial charge is 0.194 e. The zero-order valence-corrected chi connectivity index (χ0v) is 19.1. The molecule has 6 nitrogen and oxygen atoms in total. The zero-order chi connectivity index (χ0) is 19.1. The molecule has 2 rings (SSSR count). The Labute approximate surface area is 178 Å². The first-order chi connectivity index (χ1) is 12.4. The number of rotatable bonds is 7. The van der Waals surface area contributed by atoms with Crippen LogP contribution in [0.2, 0.25) is 0 Å². The third-order valence-corrected chi connectivity index (χ3v) is 3.88. The highest BCUT2D eigenvalue weighted by Crippen LogP contribution is 2.13. The van der Waals surface area contributed by atoms with Crippen molar-refractivity contribution in [2.45, 2.75) is 26.6 Å². The van der Waals surface area contributed by atoms with Gasteiger partial charge in [0.2, 0.25) is 0 Å². The Morgan fingerprint density at radius 3 is 2.56 bits per heavy atom. The number of nitrogens with zero attached hydrogens (tertiary/aromatic N) is 5. The SMILES string of the molecule is CCNC(=NCc1ccc(F)c(CN(C)C)c1)N(C)Cc1cnn(C)c1.I. The van der Waals surface area contributed by atoms with Crippen molar-refractivity contribution in [3.8, 4) is 0 Å². The molecule has 1 heterocycles. The van der Waals surface area contributed by atoms with Crippen LogP contribution in [0.5, 0.6) is 0 Å². The predicted octanol–water partition coefficient (Wildman–Crippen LogP) is 2.84. The number of hydrogen-bond donors (Lipinski definition) is 1. The molecule has 0 atom stereocenters. The third-order valence-electron chi connectivity index (χ3n) is 3.88. The molecule has 0 fully saturated rings. The van der Waals surface area contributed by atoms with E-state index in [-0.39, 0.29) is 29.8 Å². The molecule has 0 saturated carbocycles. The molecule has 0 aliphatic rings. The summed E-state index contributed by atoms with van der Waals surface area (Å²) in [7, 11) is 7.77. The Bertz CT molecular complexity index is 744. The van der Waals surface area contributed by atoms with Crippen LogP contribution in [-0.2, 0) is 26.7 Å². The van der Waals surface area contributed by atoms with E-state index in [1.165, 1.54) is 6.07 Å². The second-order valence-corrected chi connectivity index (χ2v) is 6.71. The first-order valence-electron chi connectivity index (χ1n) is 8.78. The topological polar surface area (TPSA) is 48.7 Å². The lowest BCUT2D eigenvalue weighted by Crippen LogP contribution is -2.38. The van der Waals surface area contributed by atoms with Crippen LogP contribution in [0.25, 0.3) is 0 Å². The van der Waals surface area contributed by atoms with Gasteiger partial charge in [-0.15, -0.1) is 24.0 Å². The number of nitrogens with one attached hydrogen (secondary N) is 1. The number of guanidine groups is 1. The van der Waals surface area contributed by atoms with E-state index in [0.717, 1.165) is 30.2 Å². The molecule has 1 N–H and O–H groups in total. The maximum atomic E-state index is 13.9. The Hall–Kier alpha value is -1.68. The van der Waals surface area contributed by atoms with Crippen molar-refractivity contribution >= 4 is 29.9 Å². The van der Waals surface area contributed by atoms with Crippen LogP contribution < -0.4 is 5.32 Å². The van der Waals surface area contributed by atoms with Crippen molar-refractivity contribution in [2.75, 3.05) is 27.7 Å². The van der Waals surface area contributed by atoms with E-state index >= 15 is 0 Å². The molecule has 8 heteroatoms. The summed E-state index contributed by atoms with van der Waals surface area (Å²) in [6.45, 7) is 4.62. The Balaban J connectivity index is 0.00000364. The molecule has 0 saturated heterocycles. The van der Waals surface area contributed by atoms with E-state index in [1.54, 1.807) is 10.7 Å². The summed E-state index contributed by atoms with van der Waals surface area (Å²) in [5.74, 6) is 0.641. The van der Waals surface area contributed by atoms with E-state index in [4.69, 9.17) is 4.99 Å². The Morgan fingerprint density at radius 2 is 1.96 bits per heavy atom. The van der Waals surface area contributed by atoms with Crippen molar-refractivity contribution < 1.29 is 4.39 Å². The molecule has 0 aliphatic heterocycles. The van der Waals surface area contributed by atoms with Gasteiger partial charge in [-0.1, -0.05) is 6.07 Å². The van der Waals surface area contributed by atoms with Crippen LogP contribution >= 0.6 is 24.0 Å². The van der Waals surface area contributed by atoms with E-state index < -0.39 is 0 Å². The largest absolute Gasteiger partial charge is 0.357 e. The molecule has 27 heavy (non-hydrogen) atoms. The molecule has 1 aromatic heterocycles. The first-order valence-corrected chi connectivity index (χ1v) is 8.78. The molecular weight excluding hydrogens is 458 g/mol. The average molecular weight is 488 g/mol. The first kappa shape index (κ1) is 23.4. The molecule has 0 aliphatic carbocycles. The van der Waals surface area contributed by atoms with Crippen molar-refractivity contribution in [1.82, 2.24) is 24.9 Å². The van der Waals surface area contributed by atoms with Gasteiger partial charge in [-0.3, -0.25) is 4.68 Å². The zero-order valence-electron chi connectivity index (χ0n) is 16.7. The third kappa shape index (κ3) is 7.45. The number of halogens is 2. The van der Waals surface area contributed by atoms with Crippen LogP contribution in [0.4, 0.5) is 4.39 Å². The van der Waals surface area contributed by atoms with E-state index in [2.05, 4.69) is 15.3 Å². The molecule has 0 bridgehead atoms. The van der Waals surface area contributed by atoms with Crippen molar-refractivity contribution in [1.29, 1.82) is 0 Å². The summed E-state index contributed by atoms with van der Waals surface area (Å²) in [6.07, 6.45) is 3.85. The van der Waals surface area contributed by atoms with Gasteiger partial charge in [-0.2, -0.15) is 5.10 Å². The van der Waals surface area contributed by atoms with E-state index in [0.29, 0.717) is 18.7 Å². The van der Waals surface area contributed by atoms with Crippen molar-refractivity contribution in [2.24, 2.45) is 12.0 Å². The molecular formula is C19H30FIN6. The monoisotopic (exact) mass is 488 g/mol. The lowest BCUT2D eigenvalue weighted by molar-refractivity contribution is 0.392. The number of hydrogen-bond acceptors (Lipinski definition) is 3. The van der Waals surface area contributed by atoms with Gasteiger partial charge in [-0.05, 0) is 38.7 Å². The average Bonchev–Trinajstić information content (AvgIpc) is 2.98. The molecule has 150 valence electrons. The summed E-state index contributed by atoms with van der Waals surface area (Å²) < 4.78 is 15.7. The summed E-state index contributed by atoms with van der Waals surface area (Å²) in [6, 6.07) is 5.21. The van der Waals surface area contributed by atoms with Crippen LogP contribution in [-0.4, -0.2) is 53.2 Å². The summed E-state index contributed by atoms with van der Waals surface area (Å²) in [4.78, 5) is 8.72. The molecule has 0 radical (unpaired) electrons. The van der Waals surface area contributed by atoms with Gasteiger partial charge < -0.3 is 15.1 Å². The molecule has 0 spiro atoms. The van der Waals surface area contributed by atoms with Gasteiger partial charge >= 0.3 is 0 Å². The fourth-order valence-corrected chi connectivity index (χ4v) is 2.73. The minimum absolute atomic E-state index is 0. The van der Waals surface area contributed by atoms with E-state index in [9.17, 15) is 4.39 Å². The second kappa shape index (κ2) is 11.2. The van der Waals surface area contributed by atoms with E-state index in [1.807, 2.05) is 58.5 Å². The van der Waals surface area contributed by atoms with Crippen LogP contribution in [0.15, 0.2) is 35.6 Å². The van der Waals surface area contributed by atoms with Crippen LogP contribution in [0.1, 0.15) is 23.6 Å². The van der Waals surface area contributed by atoms with Crippen LogP contribution in [0.3, 0.4) is 0 Å². The van der Waals surface area contributed by atoms with Gasteiger partial charge in [-0.25, -0.2) is 9.38 Å². The fraction of sp³-hybridized carbons (Fsp3) is 0.474. The molecule has 2 aromatic rings. The van der Waals surface area contributed by atoms with Gasteiger partial charge in [0.25, 0.3) is 0 Å². The molecule has 1 aromatic carbocycles. The predicted molar refractivity (Wildman–Crippen MR) is 119 cm³/mol. The highest BCUT2D eigenvalue weighted by molar-refractivity contribution is 14.0. The quantitative estimate of drug-likeness (QED) is 0.370. The maximum Gasteiger partial charge on any atom is 0.194 e. The standard InChI is InChI=1S/C19H29FN6.HI/c1-6-21-19(25(4)12-16-11-23-26(5)13-16)22-10-15-7-8-18(20)17(9-15)14-24(2)3;/h7-9,11,13H,6,10,12,14H2,1-5H3,(H,21,22);1H. The van der Waals surface area contributed by atoms with Gasteiger partial charge in [0.1, 0.15) is 5.82 Å². The Kier molecular flexibility index (Phi) is 9.71. The van der Waals surface area contributed by atoms with Gasteiger partial charge in [0, 0.05) is 51.1 Å². The minimum atomic E-state index is -0.174. The fourth-order valence-electron chi connectivity index (χ4n) is 2.73. The summed E-state index contributed by atoms with van der Waals surface area (Å²) >= 11 is 0. The van der Waals surface area contributed by atoms with Crippen molar-refractivity contribution in [3.63, 3.8) is 0 Å². The lowest BCUT2D eigenvalue weighted by atomic mass is 10.1. The summed E-state index contributed by atoms with van der Waals surface area (Å²) in [5.41, 5.74) is 2.81. The number of aliphatic imine (C=N–C) groups is 1. The normalized spacial score (nSPS) is 11.4. The highest BCUT2D eigenvalue weighted by atomic mass is 127. The minimum Gasteiger partial charge on any atom is -0.357 e. The number of benzene rings is 1. The highest BCUT2D eigenvalue weighted by Gasteiger charge is 2.09. The van der Waals surface area contributed by atoms with Crippen molar-refractivity contribution in [3.05, 3.63) is 53.1 Å². The second-order valence-electron chi connectivity index (χ2n) is 6.71. The van der Waals surface area contributed by atoms with Crippen LogP contribution in [0, 0.1) is 5.82 Å². The number of aromatic nitrogens is 2.